The second-order valence-electron chi connectivity index (χ2n) is 4.39. The van der Waals surface area contributed by atoms with Gasteiger partial charge in [-0.25, -0.2) is 13.1 Å². The lowest BCUT2D eigenvalue weighted by atomic mass is 10.1. The van der Waals surface area contributed by atoms with E-state index in [1.54, 1.807) is 19.1 Å². The predicted molar refractivity (Wildman–Crippen MR) is 72.4 cm³/mol. The summed E-state index contributed by atoms with van der Waals surface area (Å²) >= 11 is 0. The highest BCUT2D eigenvalue weighted by Gasteiger charge is 2.18. The highest BCUT2D eigenvalue weighted by atomic mass is 32.2. The van der Waals surface area contributed by atoms with Crippen LogP contribution in [0.4, 0.5) is 0 Å². The summed E-state index contributed by atoms with van der Waals surface area (Å²) in [7, 11) is -3.74. The molecule has 20 heavy (non-hydrogen) atoms. The first kappa shape index (κ1) is 16.1. The molecule has 0 aliphatic rings. The molecule has 0 aliphatic heterocycles. The van der Waals surface area contributed by atoms with Crippen molar-refractivity contribution in [3.63, 3.8) is 0 Å². The molecule has 1 unspecified atom stereocenters. The maximum absolute atomic E-state index is 12.0. The first-order valence-electron chi connectivity index (χ1n) is 6.10. The number of rotatable bonds is 7. The third-order valence-electron chi connectivity index (χ3n) is 2.82. The molecule has 0 amide bonds. The van der Waals surface area contributed by atoms with Crippen molar-refractivity contribution in [2.75, 3.05) is 6.54 Å². The van der Waals surface area contributed by atoms with Gasteiger partial charge in [0, 0.05) is 6.54 Å². The number of aliphatic carboxylic acids is 1. The van der Waals surface area contributed by atoms with Crippen molar-refractivity contribution in [1.82, 2.24) is 4.72 Å². The summed E-state index contributed by atoms with van der Waals surface area (Å²) in [5.74, 6) is -1.41. The van der Waals surface area contributed by atoms with Gasteiger partial charge in [-0.2, -0.15) is 5.26 Å². The van der Waals surface area contributed by atoms with Crippen molar-refractivity contribution in [1.29, 1.82) is 5.26 Å². The topological polar surface area (TPSA) is 107 Å². The normalized spacial score (nSPS) is 12.6. The number of carboxylic acids is 1. The minimum atomic E-state index is -3.74. The van der Waals surface area contributed by atoms with Crippen molar-refractivity contribution in [3.8, 4) is 6.07 Å². The van der Waals surface area contributed by atoms with E-state index in [9.17, 15) is 13.2 Å². The van der Waals surface area contributed by atoms with Crippen LogP contribution in [0.15, 0.2) is 29.2 Å². The average molecular weight is 296 g/mol. The maximum atomic E-state index is 12.0. The van der Waals surface area contributed by atoms with Crippen LogP contribution in [0.1, 0.15) is 25.3 Å². The van der Waals surface area contributed by atoms with Gasteiger partial charge in [-0.05, 0) is 25.0 Å². The minimum Gasteiger partial charge on any atom is -0.481 e. The van der Waals surface area contributed by atoms with E-state index in [1.165, 1.54) is 12.1 Å². The molecule has 0 radical (unpaired) electrons. The zero-order chi connectivity index (χ0) is 15.2. The molecule has 0 saturated carbocycles. The third-order valence-corrected chi connectivity index (χ3v) is 4.34. The second kappa shape index (κ2) is 7.03. The van der Waals surface area contributed by atoms with Crippen molar-refractivity contribution in [3.05, 3.63) is 29.8 Å². The largest absolute Gasteiger partial charge is 0.481 e. The molecule has 7 heteroatoms. The Bertz CT molecular complexity index is 620. The Morgan fingerprint density at radius 3 is 2.70 bits per heavy atom. The minimum absolute atomic E-state index is 0.0613. The van der Waals surface area contributed by atoms with Crippen molar-refractivity contribution < 1.29 is 18.3 Å². The summed E-state index contributed by atoms with van der Waals surface area (Å²) in [6.07, 6.45) is 0.805. The molecule has 0 spiro atoms. The van der Waals surface area contributed by atoms with E-state index in [4.69, 9.17) is 10.4 Å². The fourth-order valence-corrected chi connectivity index (χ4v) is 2.84. The van der Waals surface area contributed by atoms with Gasteiger partial charge >= 0.3 is 5.97 Å². The molecule has 1 aromatic rings. The van der Waals surface area contributed by atoms with Crippen LogP contribution in [0.5, 0.6) is 0 Å². The zero-order valence-electron chi connectivity index (χ0n) is 11.0. The highest BCUT2D eigenvalue weighted by molar-refractivity contribution is 7.89. The lowest BCUT2D eigenvalue weighted by molar-refractivity contribution is -0.141. The first-order valence-corrected chi connectivity index (χ1v) is 7.58. The number of hydrogen-bond acceptors (Lipinski definition) is 4. The molecule has 0 fully saturated rings. The van der Waals surface area contributed by atoms with E-state index in [0.29, 0.717) is 12.8 Å². The predicted octanol–water partition coefficient (Wildman–Crippen LogP) is 1.34. The van der Waals surface area contributed by atoms with Crippen LogP contribution in [0.3, 0.4) is 0 Å². The zero-order valence-corrected chi connectivity index (χ0v) is 11.9. The van der Waals surface area contributed by atoms with Gasteiger partial charge in [0.25, 0.3) is 0 Å². The number of benzene rings is 1. The Balaban J connectivity index is 2.63. The molecular formula is C13H16N2O4S. The van der Waals surface area contributed by atoms with Crippen LogP contribution in [-0.2, 0) is 14.8 Å². The van der Waals surface area contributed by atoms with Crippen molar-refractivity contribution in [2.24, 2.45) is 5.92 Å². The van der Waals surface area contributed by atoms with Gasteiger partial charge in [-0.1, -0.05) is 19.1 Å². The fourth-order valence-electron chi connectivity index (χ4n) is 1.61. The Hall–Kier alpha value is -1.91. The number of carboxylic acid groups (broad SMARTS) is 1. The molecule has 0 aliphatic carbocycles. The fraction of sp³-hybridized carbons (Fsp3) is 0.385. The Kier molecular flexibility index (Phi) is 5.67. The molecule has 1 aromatic carbocycles. The molecule has 0 heterocycles. The molecule has 2 N–H and O–H groups in total. The van der Waals surface area contributed by atoms with Gasteiger partial charge in [-0.15, -0.1) is 0 Å². The smallest absolute Gasteiger partial charge is 0.306 e. The van der Waals surface area contributed by atoms with Gasteiger partial charge in [0.2, 0.25) is 10.0 Å². The molecule has 1 atom stereocenters. The number of hydrogen-bond donors (Lipinski definition) is 2. The summed E-state index contributed by atoms with van der Waals surface area (Å²) in [5.41, 5.74) is 0.0823. The lowest BCUT2D eigenvalue weighted by Crippen LogP contribution is -2.26. The molecule has 0 bridgehead atoms. The summed E-state index contributed by atoms with van der Waals surface area (Å²) in [5, 5.41) is 17.6. The van der Waals surface area contributed by atoms with Crippen LogP contribution in [0, 0.1) is 17.2 Å². The molecule has 108 valence electrons. The van der Waals surface area contributed by atoms with E-state index >= 15 is 0 Å². The van der Waals surface area contributed by atoms with E-state index in [0.717, 1.165) is 0 Å². The molecule has 1 rings (SSSR count). The quantitative estimate of drug-likeness (QED) is 0.738. The average Bonchev–Trinajstić information content (AvgIpc) is 2.43. The first-order chi connectivity index (χ1) is 9.38. The third kappa shape index (κ3) is 4.33. The van der Waals surface area contributed by atoms with Crippen molar-refractivity contribution >= 4 is 16.0 Å². The van der Waals surface area contributed by atoms with E-state index in [1.807, 2.05) is 6.07 Å². The van der Waals surface area contributed by atoms with Gasteiger partial charge < -0.3 is 5.11 Å². The second-order valence-corrected chi connectivity index (χ2v) is 6.12. The SMILES string of the molecule is CC(CCCNS(=O)(=O)c1ccccc1C#N)C(=O)O. The van der Waals surface area contributed by atoms with E-state index in [-0.39, 0.29) is 17.0 Å². The summed E-state index contributed by atoms with van der Waals surface area (Å²) in [6, 6.07) is 7.75. The van der Waals surface area contributed by atoms with Gasteiger partial charge in [-0.3, -0.25) is 4.79 Å². The van der Waals surface area contributed by atoms with Crippen LogP contribution >= 0.6 is 0 Å². The Labute approximate surface area is 118 Å². The number of sulfonamides is 1. The maximum Gasteiger partial charge on any atom is 0.306 e. The number of carbonyl (C=O) groups is 1. The van der Waals surface area contributed by atoms with E-state index < -0.39 is 21.9 Å². The lowest BCUT2D eigenvalue weighted by Gasteiger charge is -2.09. The summed E-state index contributed by atoms with van der Waals surface area (Å²) < 4.78 is 26.4. The number of nitrogens with zero attached hydrogens (tertiary/aromatic N) is 1. The molecule has 0 saturated heterocycles. The Morgan fingerprint density at radius 1 is 1.45 bits per heavy atom. The molecular weight excluding hydrogens is 280 g/mol. The van der Waals surface area contributed by atoms with Crippen molar-refractivity contribution in [2.45, 2.75) is 24.7 Å². The van der Waals surface area contributed by atoms with Gasteiger partial charge in [0.05, 0.1) is 16.4 Å². The van der Waals surface area contributed by atoms with Crippen LogP contribution < -0.4 is 4.72 Å². The summed E-state index contributed by atoms with van der Waals surface area (Å²) in [4.78, 5) is 10.6. The molecule has 0 aromatic heterocycles. The van der Waals surface area contributed by atoms with Crippen LogP contribution in [0.2, 0.25) is 0 Å². The number of nitriles is 1. The highest BCUT2D eigenvalue weighted by Crippen LogP contribution is 2.14. The Morgan fingerprint density at radius 2 is 2.10 bits per heavy atom. The van der Waals surface area contributed by atoms with Gasteiger partial charge in [0.1, 0.15) is 6.07 Å². The number of nitrogens with one attached hydrogen (secondary N) is 1. The standard InChI is InChI=1S/C13H16N2O4S/c1-10(13(16)17)5-4-8-15-20(18,19)12-7-3-2-6-11(12)9-14/h2-3,6-7,10,15H,4-5,8H2,1H3,(H,16,17). The van der Waals surface area contributed by atoms with Crippen LogP contribution in [0.25, 0.3) is 0 Å². The summed E-state index contributed by atoms with van der Waals surface area (Å²) in [6.45, 7) is 1.71. The van der Waals surface area contributed by atoms with Gasteiger partial charge in [0.15, 0.2) is 0 Å². The van der Waals surface area contributed by atoms with E-state index in [2.05, 4.69) is 4.72 Å². The monoisotopic (exact) mass is 296 g/mol. The molecule has 6 nitrogen and oxygen atoms in total. The van der Waals surface area contributed by atoms with Crippen LogP contribution in [-0.4, -0.2) is 26.0 Å².